The Balaban J connectivity index is 1.50. The number of anilines is 1. The first kappa shape index (κ1) is 24.6. The lowest BCUT2D eigenvalue weighted by molar-refractivity contribution is -0.117. The third kappa shape index (κ3) is 4.06. The molecule has 1 atom stereocenters. The summed E-state index contributed by atoms with van der Waals surface area (Å²) in [5, 5.41) is 0. The highest BCUT2D eigenvalue weighted by Crippen LogP contribution is 2.44. The summed E-state index contributed by atoms with van der Waals surface area (Å²) in [4.78, 5) is 23.8. The monoisotopic (exact) mass is 525 g/mol. The lowest BCUT2D eigenvalue weighted by Gasteiger charge is -2.32. The fraction of sp³-hybridized carbons (Fsp3) is 0.393. The molecule has 6 nitrogen and oxygen atoms in total. The van der Waals surface area contributed by atoms with E-state index >= 15 is 0 Å². The Hall–Kier alpha value is -3.69. The van der Waals surface area contributed by atoms with Gasteiger partial charge in [0.25, 0.3) is 0 Å². The molecule has 1 saturated heterocycles. The summed E-state index contributed by atoms with van der Waals surface area (Å²) in [6.45, 7) is 1.93. The van der Waals surface area contributed by atoms with Crippen molar-refractivity contribution in [2.75, 3.05) is 4.90 Å². The standard InChI is InChI=1S/C28H27F4N5O/c1-16-26(35(2)15-33-16)17-3-6-23-22(13-17)34-27(37(23)18-9-11-28(31,32)12-10-18)24-7-8-25(38)36(24)19-4-5-20(29)21(30)14-19/h3-6,13-15,18,24H,7-12H2,1-2H3. The molecule has 4 aromatic rings. The molecule has 10 heteroatoms. The molecule has 2 fully saturated rings. The molecule has 2 aromatic carbocycles. The Bertz CT molecular complexity index is 1530. The van der Waals surface area contributed by atoms with Crippen LogP contribution in [0.2, 0.25) is 0 Å². The Morgan fingerprint density at radius 1 is 1.00 bits per heavy atom. The van der Waals surface area contributed by atoms with Crippen molar-refractivity contribution in [2.45, 2.75) is 63.5 Å². The Labute approximate surface area is 216 Å². The van der Waals surface area contributed by atoms with E-state index in [-0.39, 0.29) is 49.7 Å². The number of carbonyl (C=O) groups excluding carboxylic acids is 1. The van der Waals surface area contributed by atoms with Crippen molar-refractivity contribution in [2.24, 2.45) is 7.05 Å². The van der Waals surface area contributed by atoms with Gasteiger partial charge in [0.1, 0.15) is 5.82 Å². The van der Waals surface area contributed by atoms with Crippen LogP contribution in [0.4, 0.5) is 23.2 Å². The van der Waals surface area contributed by atoms with E-state index in [1.807, 2.05) is 41.3 Å². The number of aromatic nitrogens is 4. The van der Waals surface area contributed by atoms with Gasteiger partial charge in [-0.1, -0.05) is 6.07 Å². The molecule has 1 unspecified atom stereocenters. The zero-order chi connectivity index (χ0) is 26.8. The van der Waals surface area contributed by atoms with E-state index in [0.29, 0.717) is 17.8 Å². The van der Waals surface area contributed by atoms with E-state index in [9.17, 15) is 22.4 Å². The summed E-state index contributed by atoms with van der Waals surface area (Å²) in [7, 11) is 1.91. The number of aryl methyl sites for hydroxylation is 2. The van der Waals surface area contributed by atoms with Gasteiger partial charge in [-0.05, 0) is 50.5 Å². The van der Waals surface area contributed by atoms with E-state index in [1.165, 1.54) is 11.0 Å². The summed E-state index contributed by atoms with van der Waals surface area (Å²) >= 11 is 0. The highest BCUT2D eigenvalue weighted by Gasteiger charge is 2.41. The molecule has 3 heterocycles. The molecular weight excluding hydrogens is 498 g/mol. The van der Waals surface area contributed by atoms with Crippen LogP contribution in [0.3, 0.4) is 0 Å². The maximum absolute atomic E-state index is 14.1. The molecule has 1 aliphatic carbocycles. The quantitative estimate of drug-likeness (QED) is 0.281. The van der Waals surface area contributed by atoms with Gasteiger partial charge in [-0.2, -0.15) is 0 Å². The third-order valence-corrected chi connectivity index (χ3v) is 7.85. The molecule has 6 rings (SSSR count). The van der Waals surface area contributed by atoms with Crippen LogP contribution in [0.15, 0.2) is 42.7 Å². The van der Waals surface area contributed by atoms with Crippen molar-refractivity contribution in [3.05, 3.63) is 65.9 Å². The van der Waals surface area contributed by atoms with Crippen molar-refractivity contribution < 1.29 is 22.4 Å². The SMILES string of the molecule is Cc1ncn(C)c1-c1ccc2c(c1)nc(C1CCC(=O)N1c1ccc(F)c(F)c1)n2C1CCC(F)(F)CC1. The normalized spacial score (nSPS) is 20.1. The van der Waals surface area contributed by atoms with Gasteiger partial charge in [-0.15, -0.1) is 0 Å². The van der Waals surface area contributed by atoms with Crippen LogP contribution in [0.25, 0.3) is 22.3 Å². The van der Waals surface area contributed by atoms with E-state index in [0.717, 1.165) is 34.6 Å². The van der Waals surface area contributed by atoms with Gasteiger partial charge in [-0.25, -0.2) is 27.5 Å². The van der Waals surface area contributed by atoms with E-state index in [2.05, 4.69) is 4.98 Å². The first-order valence-corrected chi connectivity index (χ1v) is 12.8. The molecule has 1 aliphatic heterocycles. The predicted molar refractivity (Wildman–Crippen MR) is 135 cm³/mol. The van der Waals surface area contributed by atoms with Crippen molar-refractivity contribution in [3.8, 4) is 11.3 Å². The third-order valence-electron chi connectivity index (χ3n) is 7.85. The smallest absolute Gasteiger partial charge is 0.248 e. The Morgan fingerprint density at radius 2 is 1.76 bits per heavy atom. The van der Waals surface area contributed by atoms with Gasteiger partial charge >= 0.3 is 0 Å². The number of halogens is 4. The summed E-state index contributed by atoms with van der Waals surface area (Å²) < 4.78 is 59.9. The highest BCUT2D eigenvalue weighted by atomic mass is 19.3. The molecule has 2 aromatic heterocycles. The number of rotatable bonds is 4. The average molecular weight is 526 g/mol. The van der Waals surface area contributed by atoms with Crippen LogP contribution in [-0.4, -0.2) is 30.9 Å². The summed E-state index contributed by atoms with van der Waals surface area (Å²) in [5.41, 5.74) is 4.45. The molecular formula is C28H27F4N5O. The number of fused-ring (bicyclic) bond motifs is 1. The molecule has 1 saturated carbocycles. The highest BCUT2D eigenvalue weighted by molar-refractivity contribution is 5.96. The van der Waals surface area contributed by atoms with Crippen molar-refractivity contribution >= 4 is 22.6 Å². The number of hydrogen-bond acceptors (Lipinski definition) is 3. The van der Waals surface area contributed by atoms with Crippen LogP contribution in [0.1, 0.15) is 62.1 Å². The molecule has 198 valence electrons. The molecule has 38 heavy (non-hydrogen) atoms. The second-order valence-corrected chi connectivity index (χ2v) is 10.3. The van der Waals surface area contributed by atoms with Gasteiger partial charge in [0, 0.05) is 49.7 Å². The zero-order valence-electron chi connectivity index (χ0n) is 21.1. The minimum absolute atomic E-state index is 0.217. The van der Waals surface area contributed by atoms with Crippen LogP contribution in [0, 0.1) is 18.6 Å². The van der Waals surface area contributed by atoms with Gasteiger partial charge in [0.05, 0.1) is 34.8 Å². The Morgan fingerprint density at radius 3 is 2.45 bits per heavy atom. The molecule has 0 radical (unpaired) electrons. The predicted octanol–water partition coefficient (Wildman–Crippen LogP) is 6.64. The number of hydrogen-bond donors (Lipinski definition) is 0. The molecule has 0 spiro atoms. The van der Waals surface area contributed by atoms with Crippen LogP contribution in [-0.2, 0) is 11.8 Å². The van der Waals surface area contributed by atoms with Gasteiger partial charge in [0.2, 0.25) is 11.8 Å². The summed E-state index contributed by atoms with van der Waals surface area (Å²) in [5.74, 6) is -4.38. The maximum Gasteiger partial charge on any atom is 0.248 e. The Kier molecular flexibility index (Phi) is 5.81. The molecule has 0 N–H and O–H groups in total. The number of nitrogens with zero attached hydrogens (tertiary/aromatic N) is 5. The largest absolute Gasteiger partial charge is 0.334 e. The number of benzene rings is 2. The van der Waals surface area contributed by atoms with Crippen molar-refractivity contribution in [1.82, 2.24) is 19.1 Å². The van der Waals surface area contributed by atoms with Crippen LogP contribution in [0.5, 0.6) is 0 Å². The number of amides is 1. The minimum Gasteiger partial charge on any atom is -0.334 e. The minimum atomic E-state index is -2.70. The van der Waals surface area contributed by atoms with Crippen molar-refractivity contribution in [3.63, 3.8) is 0 Å². The lowest BCUT2D eigenvalue weighted by atomic mass is 9.91. The summed E-state index contributed by atoms with van der Waals surface area (Å²) in [6.07, 6.45) is 2.50. The number of alkyl halides is 2. The topological polar surface area (TPSA) is 56.0 Å². The first-order chi connectivity index (χ1) is 18.1. The lowest BCUT2D eigenvalue weighted by Crippen LogP contribution is -2.32. The first-order valence-electron chi connectivity index (χ1n) is 12.8. The van der Waals surface area contributed by atoms with Gasteiger partial charge in [0.15, 0.2) is 11.6 Å². The maximum atomic E-state index is 14.1. The fourth-order valence-electron chi connectivity index (χ4n) is 6.01. The second-order valence-electron chi connectivity index (χ2n) is 10.3. The van der Waals surface area contributed by atoms with Crippen LogP contribution >= 0.6 is 0 Å². The number of imidazole rings is 2. The van der Waals surface area contributed by atoms with Gasteiger partial charge in [-0.3, -0.25) is 4.79 Å². The van der Waals surface area contributed by atoms with Crippen molar-refractivity contribution in [1.29, 1.82) is 0 Å². The summed E-state index contributed by atoms with van der Waals surface area (Å²) in [6, 6.07) is 8.51. The molecule has 0 bridgehead atoms. The number of carbonyl (C=O) groups is 1. The van der Waals surface area contributed by atoms with E-state index in [1.54, 1.807) is 6.33 Å². The van der Waals surface area contributed by atoms with Gasteiger partial charge < -0.3 is 14.0 Å². The zero-order valence-corrected chi connectivity index (χ0v) is 21.1. The second kappa shape index (κ2) is 8.96. The van der Waals surface area contributed by atoms with E-state index < -0.39 is 23.6 Å². The molecule has 2 aliphatic rings. The molecule has 1 amide bonds. The van der Waals surface area contributed by atoms with E-state index in [4.69, 9.17) is 4.98 Å². The van der Waals surface area contributed by atoms with Crippen LogP contribution < -0.4 is 4.90 Å². The fourth-order valence-corrected chi connectivity index (χ4v) is 6.01. The average Bonchev–Trinajstić information content (AvgIpc) is 3.55.